The van der Waals surface area contributed by atoms with Crippen LogP contribution in [0.1, 0.15) is 31.3 Å². The van der Waals surface area contributed by atoms with Gasteiger partial charge < -0.3 is 5.32 Å². The second-order valence-electron chi connectivity index (χ2n) is 4.27. The SMILES string of the molecule is Cc1cc(NCCCC(C)CCl)nc(C)n1. The Kier molecular flexibility index (Phi) is 5.53. The van der Waals surface area contributed by atoms with Crippen LogP contribution in [0.5, 0.6) is 0 Å². The van der Waals surface area contributed by atoms with E-state index in [0.29, 0.717) is 5.92 Å². The molecule has 0 amide bonds. The molecule has 1 N–H and O–H groups in total. The average Bonchev–Trinajstić information content (AvgIpc) is 2.22. The quantitative estimate of drug-likeness (QED) is 0.614. The molecule has 0 aliphatic heterocycles. The molecule has 0 bridgehead atoms. The lowest BCUT2D eigenvalue weighted by atomic mass is 10.1. The summed E-state index contributed by atoms with van der Waals surface area (Å²) < 4.78 is 0. The molecular formula is C12H20ClN3. The fraction of sp³-hybridized carbons (Fsp3) is 0.667. The number of aryl methyl sites for hydroxylation is 2. The first-order chi connectivity index (χ1) is 7.61. The fourth-order valence-corrected chi connectivity index (χ4v) is 1.71. The van der Waals surface area contributed by atoms with Gasteiger partial charge in [0.15, 0.2) is 0 Å². The van der Waals surface area contributed by atoms with Crippen LogP contribution in [0.3, 0.4) is 0 Å². The Hall–Kier alpha value is -0.830. The van der Waals surface area contributed by atoms with Crippen molar-refractivity contribution in [1.82, 2.24) is 9.97 Å². The Morgan fingerprint density at radius 3 is 2.75 bits per heavy atom. The van der Waals surface area contributed by atoms with E-state index >= 15 is 0 Å². The second kappa shape index (κ2) is 6.69. The predicted molar refractivity (Wildman–Crippen MR) is 69.1 cm³/mol. The lowest BCUT2D eigenvalue weighted by molar-refractivity contribution is 0.572. The summed E-state index contributed by atoms with van der Waals surface area (Å²) in [7, 11) is 0. The molecule has 1 aromatic heterocycles. The van der Waals surface area contributed by atoms with Crippen molar-refractivity contribution in [1.29, 1.82) is 0 Å². The third-order valence-corrected chi connectivity index (χ3v) is 2.94. The van der Waals surface area contributed by atoms with Gasteiger partial charge in [-0.25, -0.2) is 9.97 Å². The molecule has 0 saturated carbocycles. The van der Waals surface area contributed by atoms with E-state index in [9.17, 15) is 0 Å². The summed E-state index contributed by atoms with van der Waals surface area (Å²) in [5.74, 6) is 3.07. The first kappa shape index (κ1) is 13.2. The number of anilines is 1. The topological polar surface area (TPSA) is 37.8 Å². The fourth-order valence-electron chi connectivity index (χ4n) is 1.55. The summed E-state index contributed by atoms with van der Waals surface area (Å²) in [6, 6.07) is 1.97. The van der Waals surface area contributed by atoms with Crippen LogP contribution < -0.4 is 5.32 Å². The Labute approximate surface area is 103 Å². The van der Waals surface area contributed by atoms with Gasteiger partial charge in [0.05, 0.1) is 0 Å². The van der Waals surface area contributed by atoms with E-state index < -0.39 is 0 Å². The molecule has 0 aliphatic rings. The smallest absolute Gasteiger partial charge is 0.129 e. The van der Waals surface area contributed by atoms with E-state index in [1.807, 2.05) is 19.9 Å². The van der Waals surface area contributed by atoms with Gasteiger partial charge in [0.2, 0.25) is 0 Å². The zero-order chi connectivity index (χ0) is 12.0. The van der Waals surface area contributed by atoms with Gasteiger partial charge in [0.25, 0.3) is 0 Å². The van der Waals surface area contributed by atoms with Gasteiger partial charge in [-0.1, -0.05) is 6.92 Å². The van der Waals surface area contributed by atoms with Crippen LogP contribution in [0, 0.1) is 19.8 Å². The molecule has 0 radical (unpaired) electrons. The van der Waals surface area contributed by atoms with Gasteiger partial charge in [-0.2, -0.15) is 0 Å². The largest absolute Gasteiger partial charge is 0.370 e. The van der Waals surface area contributed by atoms with Crippen molar-refractivity contribution < 1.29 is 0 Å². The van der Waals surface area contributed by atoms with Crippen LogP contribution in [0.15, 0.2) is 6.07 Å². The van der Waals surface area contributed by atoms with E-state index in [1.165, 1.54) is 0 Å². The van der Waals surface area contributed by atoms with E-state index in [1.54, 1.807) is 0 Å². The van der Waals surface area contributed by atoms with E-state index in [-0.39, 0.29) is 0 Å². The van der Waals surface area contributed by atoms with Gasteiger partial charge in [-0.15, -0.1) is 11.6 Å². The molecule has 0 aromatic carbocycles. The molecule has 16 heavy (non-hydrogen) atoms. The molecule has 0 aliphatic carbocycles. The van der Waals surface area contributed by atoms with Crippen molar-refractivity contribution in [3.8, 4) is 0 Å². The van der Waals surface area contributed by atoms with Crippen molar-refractivity contribution in [3.63, 3.8) is 0 Å². The predicted octanol–water partition coefficient (Wildman–Crippen LogP) is 3.16. The third kappa shape index (κ3) is 4.79. The van der Waals surface area contributed by atoms with Crippen molar-refractivity contribution in [2.75, 3.05) is 17.7 Å². The van der Waals surface area contributed by atoms with Crippen molar-refractivity contribution in [2.45, 2.75) is 33.6 Å². The molecule has 90 valence electrons. The van der Waals surface area contributed by atoms with Gasteiger partial charge in [-0.3, -0.25) is 0 Å². The Morgan fingerprint density at radius 2 is 2.12 bits per heavy atom. The molecule has 1 heterocycles. The maximum Gasteiger partial charge on any atom is 0.129 e. The van der Waals surface area contributed by atoms with Crippen LogP contribution >= 0.6 is 11.6 Å². The minimum atomic E-state index is 0.595. The van der Waals surface area contributed by atoms with Gasteiger partial charge in [0, 0.05) is 24.2 Å². The standard InChI is InChI=1S/C12H20ClN3/c1-9(8-13)5-4-6-14-12-7-10(2)15-11(3)16-12/h7,9H,4-6,8H2,1-3H3,(H,14,15,16). The minimum Gasteiger partial charge on any atom is -0.370 e. The molecule has 0 fully saturated rings. The summed E-state index contributed by atoms with van der Waals surface area (Å²) in [4.78, 5) is 8.56. The highest BCUT2D eigenvalue weighted by atomic mass is 35.5. The monoisotopic (exact) mass is 241 g/mol. The third-order valence-electron chi connectivity index (χ3n) is 2.41. The van der Waals surface area contributed by atoms with Gasteiger partial charge >= 0.3 is 0 Å². The number of rotatable bonds is 6. The van der Waals surface area contributed by atoms with Crippen molar-refractivity contribution in [3.05, 3.63) is 17.6 Å². The van der Waals surface area contributed by atoms with Crippen LogP contribution in [0.2, 0.25) is 0 Å². The number of hydrogen-bond donors (Lipinski definition) is 1. The van der Waals surface area contributed by atoms with E-state index in [4.69, 9.17) is 11.6 Å². The van der Waals surface area contributed by atoms with Crippen LogP contribution in [0.4, 0.5) is 5.82 Å². The van der Waals surface area contributed by atoms with E-state index in [0.717, 1.165) is 42.6 Å². The second-order valence-corrected chi connectivity index (χ2v) is 4.58. The van der Waals surface area contributed by atoms with E-state index in [2.05, 4.69) is 22.2 Å². The molecule has 1 unspecified atom stereocenters. The number of halogens is 1. The minimum absolute atomic E-state index is 0.595. The summed E-state index contributed by atoms with van der Waals surface area (Å²) in [6.07, 6.45) is 2.27. The number of nitrogens with one attached hydrogen (secondary N) is 1. The molecule has 0 saturated heterocycles. The van der Waals surface area contributed by atoms with Gasteiger partial charge in [-0.05, 0) is 32.6 Å². The van der Waals surface area contributed by atoms with Crippen molar-refractivity contribution in [2.24, 2.45) is 5.92 Å². The molecule has 3 nitrogen and oxygen atoms in total. The number of aromatic nitrogens is 2. The first-order valence-electron chi connectivity index (χ1n) is 5.74. The normalized spacial score (nSPS) is 12.5. The van der Waals surface area contributed by atoms with Crippen molar-refractivity contribution >= 4 is 17.4 Å². The highest BCUT2D eigenvalue weighted by Crippen LogP contribution is 2.09. The molecule has 1 rings (SSSR count). The Morgan fingerprint density at radius 1 is 1.38 bits per heavy atom. The highest BCUT2D eigenvalue weighted by Gasteiger charge is 2.00. The average molecular weight is 242 g/mol. The first-order valence-corrected chi connectivity index (χ1v) is 6.27. The van der Waals surface area contributed by atoms with Crippen LogP contribution in [-0.4, -0.2) is 22.4 Å². The Balaban J connectivity index is 2.32. The van der Waals surface area contributed by atoms with Crippen LogP contribution in [0.25, 0.3) is 0 Å². The molecule has 1 aromatic rings. The van der Waals surface area contributed by atoms with Gasteiger partial charge in [0.1, 0.15) is 11.6 Å². The zero-order valence-electron chi connectivity index (χ0n) is 10.3. The Bertz CT molecular complexity index is 308. The number of nitrogens with zero attached hydrogens (tertiary/aromatic N) is 2. The number of hydrogen-bond acceptors (Lipinski definition) is 3. The zero-order valence-corrected chi connectivity index (χ0v) is 11.0. The summed E-state index contributed by atoms with van der Waals surface area (Å²) >= 11 is 5.75. The summed E-state index contributed by atoms with van der Waals surface area (Å²) in [5, 5.41) is 3.31. The van der Waals surface area contributed by atoms with Crippen LogP contribution in [-0.2, 0) is 0 Å². The molecular weight excluding hydrogens is 222 g/mol. The lowest BCUT2D eigenvalue weighted by Crippen LogP contribution is -2.07. The molecule has 4 heteroatoms. The summed E-state index contributed by atoms with van der Waals surface area (Å²) in [5.41, 5.74) is 1.00. The molecule has 1 atom stereocenters. The number of alkyl halides is 1. The maximum absolute atomic E-state index is 5.75. The maximum atomic E-state index is 5.75. The lowest BCUT2D eigenvalue weighted by Gasteiger charge is -2.09. The summed E-state index contributed by atoms with van der Waals surface area (Å²) in [6.45, 7) is 7.01. The molecule has 0 spiro atoms. The highest BCUT2D eigenvalue weighted by molar-refractivity contribution is 6.18.